The van der Waals surface area contributed by atoms with Gasteiger partial charge in [0.05, 0.1) is 4.47 Å². The lowest BCUT2D eigenvalue weighted by Gasteiger charge is -2.18. The van der Waals surface area contributed by atoms with E-state index in [1.165, 1.54) is 6.33 Å². The molecule has 2 rings (SSSR count). The topological polar surface area (TPSA) is 42.7 Å². The zero-order valence-corrected chi connectivity index (χ0v) is 12.1. The van der Waals surface area contributed by atoms with E-state index >= 15 is 0 Å². The summed E-state index contributed by atoms with van der Waals surface area (Å²) in [6.45, 7) is 0. The summed E-state index contributed by atoms with van der Waals surface area (Å²) in [7, 11) is 3.55. The molecule has 7 heteroatoms. The molecule has 2 aromatic rings. The molecule has 1 atom stereocenters. The molecule has 1 heterocycles. The fourth-order valence-corrected chi connectivity index (χ4v) is 2.46. The lowest BCUT2D eigenvalue weighted by molar-refractivity contribution is 0.492. The molecule has 102 valence electrons. The van der Waals surface area contributed by atoms with Crippen LogP contribution < -0.4 is 5.32 Å². The molecule has 0 spiro atoms. The van der Waals surface area contributed by atoms with Gasteiger partial charge in [-0.05, 0) is 34.6 Å². The third kappa shape index (κ3) is 2.82. The van der Waals surface area contributed by atoms with Gasteiger partial charge in [0.1, 0.15) is 12.2 Å². The molecule has 0 radical (unpaired) electrons. The van der Waals surface area contributed by atoms with Crippen LogP contribution in [0.25, 0.3) is 0 Å². The molecular weight excluding hydrogens is 318 g/mol. The average Bonchev–Trinajstić information content (AvgIpc) is 2.80. The van der Waals surface area contributed by atoms with Crippen LogP contribution in [0, 0.1) is 11.6 Å². The Morgan fingerprint density at radius 3 is 2.74 bits per heavy atom. The van der Waals surface area contributed by atoms with Crippen LogP contribution in [0.1, 0.15) is 17.4 Å². The first-order valence-electron chi connectivity index (χ1n) is 5.68. The van der Waals surface area contributed by atoms with Gasteiger partial charge in [-0.15, -0.1) is 0 Å². The van der Waals surface area contributed by atoms with Crippen LogP contribution in [-0.4, -0.2) is 21.8 Å². The molecule has 0 aliphatic heterocycles. The minimum Gasteiger partial charge on any atom is -0.313 e. The quantitative estimate of drug-likeness (QED) is 0.875. The predicted molar refractivity (Wildman–Crippen MR) is 70.6 cm³/mol. The van der Waals surface area contributed by atoms with E-state index < -0.39 is 11.6 Å². The van der Waals surface area contributed by atoms with E-state index in [4.69, 9.17) is 0 Å². The number of halogens is 3. The molecule has 19 heavy (non-hydrogen) atoms. The van der Waals surface area contributed by atoms with Crippen molar-refractivity contribution in [1.82, 2.24) is 20.1 Å². The summed E-state index contributed by atoms with van der Waals surface area (Å²) in [5, 5.41) is 7.05. The highest BCUT2D eigenvalue weighted by molar-refractivity contribution is 9.10. The predicted octanol–water partition coefficient (Wildman–Crippen LogP) is 2.36. The summed E-state index contributed by atoms with van der Waals surface area (Å²) >= 11 is 3.10. The molecule has 0 aliphatic carbocycles. The summed E-state index contributed by atoms with van der Waals surface area (Å²) in [6, 6.07) is 2.49. The monoisotopic (exact) mass is 330 g/mol. The van der Waals surface area contributed by atoms with Gasteiger partial charge in [-0.3, -0.25) is 4.68 Å². The lowest BCUT2D eigenvalue weighted by atomic mass is 10.0. The summed E-state index contributed by atoms with van der Waals surface area (Å²) in [5.41, 5.74) is 0.643. The molecule has 1 aromatic carbocycles. The van der Waals surface area contributed by atoms with E-state index in [-0.39, 0.29) is 10.5 Å². The van der Waals surface area contributed by atoms with Crippen molar-refractivity contribution < 1.29 is 8.78 Å². The van der Waals surface area contributed by atoms with E-state index in [0.29, 0.717) is 12.0 Å². The molecule has 0 aliphatic rings. The van der Waals surface area contributed by atoms with Crippen molar-refractivity contribution in [2.24, 2.45) is 7.05 Å². The molecule has 0 amide bonds. The summed E-state index contributed by atoms with van der Waals surface area (Å²) in [6.07, 6.45) is 1.99. The first kappa shape index (κ1) is 14.1. The van der Waals surface area contributed by atoms with Gasteiger partial charge in [-0.1, -0.05) is 6.07 Å². The van der Waals surface area contributed by atoms with Crippen molar-refractivity contribution in [2.75, 3.05) is 7.05 Å². The fraction of sp³-hybridized carbons (Fsp3) is 0.333. The number of nitrogens with zero attached hydrogens (tertiary/aromatic N) is 3. The maximum atomic E-state index is 13.6. The highest BCUT2D eigenvalue weighted by Crippen LogP contribution is 2.29. The number of hydrogen-bond acceptors (Lipinski definition) is 3. The Bertz CT molecular complexity index is 585. The van der Waals surface area contributed by atoms with E-state index in [1.807, 2.05) is 0 Å². The van der Waals surface area contributed by atoms with Crippen LogP contribution in [0.3, 0.4) is 0 Å². The molecule has 0 fully saturated rings. The molecule has 4 nitrogen and oxygen atoms in total. The Morgan fingerprint density at radius 2 is 2.16 bits per heavy atom. The van der Waals surface area contributed by atoms with Gasteiger partial charge in [-0.25, -0.2) is 13.8 Å². The van der Waals surface area contributed by atoms with Crippen molar-refractivity contribution in [3.8, 4) is 0 Å². The van der Waals surface area contributed by atoms with E-state index in [9.17, 15) is 8.78 Å². The second-order valence-corrected chi connectivity index (χ2v) is 4.90. The Balaban J connectivity index is 2.33. The summed E-state index contributed by atoms with van der Waals surface area (Å²) in [4.78, 5) is 4.13. The number of aromatic nitrogens is 3. The van der Waals surface area contributed by atoms with Crippen molar-refractivity contribution in [3.63, 3.8) is 0 Å². The number of nitrogens with one attached hydrogen (secondary N) is 1. The Hall–Kier alpha value is -1.34. The van der Waals surface area contributed by atoms with Gasteiger partial charge in [-0.2, -0.15) is 5.10 Å². The van der Waals surface area contributed by atoms with Crippen LogP contribution in [-0.2, 0) is 13.5 Å². The zero-order valence-electron chi connectivity index (χ0n) is 10.5. The first-order valence-corrected chi connectivity index (χ1v) is 6.47. The lowest BCUT2D eigenvalue weighted by Crippen LogP contribution is -2.21. The SMILES string of the molecule is CNC(Cc1ncnn1C)c1ccc(F)c(F)c1Br. The number of benzene rings is 1. The highest BCUT2D eigenvalue weighted by Gasteiger charge is 2.19. The van der Waals surface area contributed by atoms with E-state index in [1.54, 1.807) is 24.8 Å². The second-order valence-electron chi connectivity index (χ2n) is 4.11. The van der Waals surface area contributed by atoms with Crippen molar-refractivity contribution in [3.05, 3.63) is 46.0 Å². The second kappa shape index (κ2) is 5.75. The van der Waals surface area contributed by atoms with Crippen LogP contribution in [0.2, 0.25) is 0 Å². The highest BCUT2D eigenvalue weighted by atomic mass is 79.9. The Labute approximate surface area is 118 Å². The van der Waals surface area contributed by atoms with Crippen LogP contribution >= 0.6 is 15.9 Å². The smallest absolute Gasteiger partial charge is 0.173 e. The van der Waals surface area contributed by atoms with Crippen LogP contribution in [0.5, 0.6) is 0 Å². The molecule has 0 saturated carbocycles. The first-order chi connectivity index (χ1) is 9.04. The van der Waals surface area contributed by atoms with Gasteiger partial charge in [0.2, 0.25) is 0 Å². The third-order valence-electron chi connectivity index (χ3n) is 2.98. The largest absolute Gasteiger partial charge is 0.313 e. The van der Waals surface area contributed by atoms with E-state index in [2.05, 4.69) is 31.3 Å². The third-order valence-corrected chi connectivity index (χ3v) is 3.79. The van der Waals surface area contributed by atoms with Crippen LogP contribution in [0.4, 0.5) is 8.78 Å². The van der Waals surface area contributed by atoms with E-state index in [0.717, 1.165) is 11.9 Å². The number of aryl methyl sites for hydroxylation is 1. The van der Waals surface area contributed by atoms with Crippen molar-refractivity contribution >= 4 is 15.9 Å². The average molecular weight is 331 g/mol. The molecule has 0 saturated heterocycles. The Morgan fingerprint density at radius 1 is 1.42 bits per heavy atom. The van der Waals surface area contributed by atoms with Crippen LogP contribution in [0.15, 0.2) is 22.9 Å². The van der Waals surface area contributed by atoms with Crippen molar-refractivity contribution in [2.45, 2.75) is 12.5 Å². The summed E-state index contributed by atoms with van der Waals surface area (Å²) < 4.78 is 28.5. The maximum Gasteiger partial charge on any atom is 0.173 e. The minimum atomic E-state index is -0.879. The molecule has 0 bridgehead atoms. The fourth-order valence-electron chi connectivity index (χ4n) is 1.86. The van der Waals surface area contributed by atoms with Gasteiger partial charge in [0.15, 0.2) is 11.6 Å². The molecule has 1 N–H and O–H groups in total. The van der Waals surface area contributed by atoms with Gasteiger partial charge in [0, 0.05) is 19.5 Å². The standard InChI is InChI=1S/C12H13BrF2N4/c1-16-9(5-10-17-6-18-19(10)2)7-3-4-8(14)12(15)11(7)13/h3-4,6,9,16H,5H2,1-2H3. The van der Waals surface area contributed by atoms with Gasteiger partial charge >= 0.3 is 0 Å². The minimum absolute atomic E-state index is 0.133. The van der Waals surface area contributed by atoms with Gasteiger partial charge < -0.3 is 5.32 Å². The summed E-state index contributed by atoms with van der Waals surface area (Å²) in [5.74, 6) is -0.990. The Kier molecular flexibility index (Phi) is 4.26. The molecule has 1 unspecified atom stereocenters. The van der Waals surface area contributed by atoms with Gasteiger partial charge in [0.25, 0.3) is 0 Å². The number of likely N-dealkylation sites (N-methyl/N-ethyl adjacent to an activating group) is 1. The molecule has 1 aromatic heterocycles. The number of rotatable bonds is 4. The zero-order chi connectivity index (χ0) is 14.0. The van der Waals surface area contributed by atoms with Crippen molar-refractivity contribution in [1.29, 1.82) is 0 Å². The molecular formula is C12H13BrF2N4. The normalized spacial score (nSPS) is 12.7. The maximum absolute atomic E-state index is 13.6. The number of hydrogen-bond donors (Lipinski definition) is 1.